The van der Waals surface area contributed by atoms with Crippen molar-refractivity contribution >= 4 is 12.4 Å². The second-order valence-corrected chi connectivity index (χ2v) is 4.00. The summed E-state index contributed by atoms with van der Waals surface area (Å²) in [6, 6.07) is 5.43. The number of nitriles is 1. The minimum absolute atomic E-state index is 0. The van der Waals surface area contributed by atoms with Gasteiger partial charge in [0.05, 0.1) is 18.2 Å². The van der Waals surface area contributed by atoms with E-state index in [0.29, 0.717) is 24.0 Å². The molecule has 0 aliphatic carbocycles. The molecule has 1 aliphatic rings. The van der Waals surface area contributed by atoms with Gasteiger partial charge in [0, 0.05) is 12.3 Å². The topological polar surface area (TPSA) is 57.9 Å². The van der Waals surface area contributed by atoms with Crippen LogP contribution in [0.1, 0.15) is 18.4 Å². The Balaban J connectivity index is 0.00000144. The van der Waals surface area contributed by atoms with Crippen LogP contribution in [0, 0.1) is 17.2 Å². The molecule has 92 valence electrons. The number of piperidine rings is 1. The van der Waals surface area contributed by atoms with Crippen molar-refractivity contribution in [1.82, 2.24) is 10.3 Å². The Morgan fingerprint density at radius 3 is 2.94 bits per heavy atom. The highest BCUT2D eigenvalue weighted by molar-refractivity contribution is 5.85. The SMILES string of the molecule is Cl.N#Cc1ccnc(OCC2CCNCC2)c1. The summed E-state index contributed by atoms with van der Waals surface area (Å²) in [6.07, 6.45) is 3.91. The van der Waals surface area contributed by atoms with Crippen LogP contribution in [0.15, 0.2) is 18.3 Å². The lowest BCUT2D eigenvalue weighted by atomic mass is 9.99. The van der Waals surface area contributed by atoms with Gasteiger partial charge in [-0.2, -0.15) is 5.26 Å². The second-order valence-electron chi connectivity index (χ2n) is 4.00. The highest BCUT2D eigenvalue weighted by Gasteiger charge is 2.13. The number of halogens is 1. The van der Waals surface area contributed by atoms with Crippen molar-refractivity contribution in [3.05, 3.63) is 23.9 Å². The van der Waals surface area contributed by atoms with E-state index >= 15 is 0 Å². The third-order valence-corrected chi connectivity index (χ3v) is 2.79. The van der Waals surface area contributed by atoms with Crippen LogP contribution in [0.4, 0.5) is 0 Å². The Kier molecular flexibility index (Phi) is 5.75. The van der Waals surface area contributed by atoms with Crippen LogP contribution < -0.4 is 10.1 Å². The molecule has 1 aromatic heterocycles. The van der Waals surface area contributed by atoms with Crippen molar-refractivity contribution < 1.29 is 4.74 Å². The first-order valence-electron chi connectivity index (χ1n) is 5.58. The van der Waals surface area contributed by atoms with Crippen molar-refractivity contribution in [1.29, 1.82) is 5.26 Å². The lowest BCUT2D eigenvalue weighted by Crippen LogP contribution is -2.30. The first-order chi connectivity index (χ1) is 7.88. The van der Waals surface area contributed by atoms with Crippen LogP contribution in [0.25, 0.3) is 0 Å². The van der Waals surface area contributed by atoms with Gasteiger partial charge in [-0.3, -0.25) is 0 Å². The van der Waals surface area contributed by atoms with Gasteiger partial charge in [-0.05, 0) is 37.9 Å². The molecule has 5 heteroatoms. The summed E-state index contributed by atoms with van der Waals surface area (Å²) in [6.45, 7) is 2.84. The zero-order chi connectivity index (χ0) is 11.2. The number of nitrogens with one attached hydrogen (secondary N) is 1. The lowest BCUT2D eigenvalue weighted by molar-refractivity contribution is 0.209. The monoisotopic (exact) mass is 253 g/mol. The molecule has 0 radical (unpaired) electrons. The maximum atomic E-state index is 8.74. The molecule has 0 bridgehead atoms. The molecule has 2 rings (SSSR count). The fourth-order valence-electron chi connectivity index (χ4n) is 1.81. The van der Waals surface area contributed by atoms with Gasteiger partial charge < -0.3 is 10.1 Å². The van der Waals surface area contributed by atoms with Gasteiger partial charge in [0.25, 0.3) is 0 Å². The van der Waals surface area contributed by atoms with Gasteiger partial charge in [0.15, 0.2) is 0 Å². The fraction of sp³-hybridized carbons (Fsp3) is 0.500. The molecule has 1 aromatic rings. The van der Waals surface area contributed by atoms with Gasteiger partial charge in [-0.25, -0.2) is 4.98 Å². The number of nitrogens with zero attached hydrogens (tertiary/aromatic N) is 2. The maximum absolute atomic E-state index is 8.74. The summed E-state index contributed by atoms with van der Waals surface area (Å²) in [5.41, 5.74) is 0.593. The molecule has 1 saturated heterocycles. The molecule has 4 nitrogen and oxygen atoms in total. The van der Waals surface area contributed by atoms with E-state index in [9.17, 15) is 0 Å². The summed E-state index contributed by atoms with van der Waals surface area (Å²) in [7, 11) is 0. The molecule has 1 fully saturated rings. The summed E-state index contributed by atoms with van der Waals surface area (Å²) in [5, 5.41) is 12.1. The van der Waals surface area contributed by atoms with Crippen molar-refractivity contribution in [2.45, 2.75) is 12.8 Å². The van der Waals surface area contributed by atoms with Gasteiger partial charge >= 0.3 is 0 Å². The van der Waals surface area contributed by atoms with Crippen LogP contribution in [-0.4, -0.2) is 24.7 Å². The molecule has 17 heavy (non-hydrogen) atoms. The Morgan fingerprint density at radius 1 is 1.47 bits per heavy atom. The molecular formula is C12H16ClN3O. The van der Waals surface area contributed by atoms with Gasteiger partial charge in [0.2, 0.25) is 5.88 Å². The maximum Gasteiger partial charge on any atom is 0.214 e. The van der Waals surface area contributed by atoms with E-state index in [1.165, 1.54) is 0 Å². The average Bonchev–Trinajstić information content (AvgIpc) is 2.38. The van der Waals surface area contributed by atoms with Crippen molar-refractivity contribution in [2.24, 2.45) is 5.92 Å². The first kappa shape index (κ1) is 13.8. The van der Waals surface area contributed by atoms with Crippen LogP contribution in [-0.2, 0) is 0 Å². The smallest absolute Gasteiger partial charge is 0.214 e. The highest BCUT2D eigenvalue weighted by Crippen LogP contribution is 2.14. The normalized spacial score (nSPS) is 15.7. The fourth-order valence-corrected chi connectivity index (χ4v) is 1.81. The van der Waals surface area contributed by atoms with Gasteiger partial charge in [0.1, 0.15) is 0 Å². The largest absolute Gasteiger partial charge is 0.477 e. The minimum Gasteiger partial charge on any atom is -0.477 e. The van der Waals surface area contributed by atoms with Crippen LogP contribution in [0.2, 0.25) is 0 Å². The Hall–Kier alpha value is -1.31. The molecule has 0 aromatic carbocycles. The van der Waals surface area contributed by atoms with Gasteiger partial charge in [-0.1, -0.05) is 0 Å². The van der Waals surface area contributed by atoms with E-state index in [-0.39, 0.29) is 12.4 Å². The number of aromatic nitrogens is 1. The Labute approximate surface area is 107 Å². The summed E-state index contributed by atoms with van der Waals surface area (Å²) in [5.74, 6) is 1.16. The number of ether oxygens (including phenoxy) is 1. The predicted molar refractivity (Wildman–Crippen MR) is 67.3 cm³/mol. The molecule has 0 saturated carbocycles. The van der Waals surface area contributed by atoms with Crippen molar-refractivity contribution in [3.63, 3.8) is 0 Å². The molecule has 0 unspecified atom stereocenters. The second kappa shape index (κ2) is 7.10. The molecule has 0 atom stereocenters. The molecule has 0 amide bonds. The van der Waals surface area contributed by atoms with Crippen LogP contribution in [0.3, 0.4) is 0 Å². The van der Waals surface area contributed by atoms with Crippen molar-refractivity contribution in [3.8, 4) is 11.9 Å². The van der Waals surface area contributed by atoms with E-state index < -0.39 is 0 Å². The zero-order valence-corrected chi connectivity index (χ0v) is 10.4. The predicted octanol–water partition coefficient (Wildman–Crippen LogP) is 1.75. The van der Waals surface area contributed by atoms with E-state index in [1.807, 2.05) is 0 Å². The van der Waals surface area contributed by atoms with Crippen LogP contribution in [0.5, 0.6) is 5.88 Å². The molecule has 2 heterocycles. The first-order valence-corrected chi connectivity index (χ1v) is 5.58. The quantitative estimate of drug-likeness (QED) is 0.892. The highest BCUT2D eigenvalue weighted by atomic mass is 35.5. The Bertz CT molecular complexity index is 386. The summed E-state index contributed by atoms with van der Waals surface area (Å²) >= 11 is 0. The summed E-state index contributed by atoms with van der Waals surface area (Å²) < 4.78 is 5.60. The molecular weight excluding hydrogens is 238 g/mol. The third kappa shape index (κ3) is 4.22. The lowest BCUT2D eigenvalue weighted by Gasteiger charge is -2.22. The number of rotatable bonds is 3. The number of hydrogen-bond acceptors (Lipinski definition) is 4. The van der Waals surface area contributed by atoms with E-state index in [2.05, 4.69) is 16.4 Å². The average molecular weight is 254 g/mol. The third-order valence-electron chi connectivity index (χ3n) is 2.79. The van der Waals surface area contributed by atoms with E-state index in [0.717, 1.165) is 25.9 Å². The Morgan fingerprint density at radius 2 is 2.24 bits per heavy atom. The van der Waals surface area contributed by atoms with Crippen molar-refractivity contribution in [2.75, 3.05) is 19.7 Å². The zero-order valence-electron chi connectivity index (χ0n) is 9.56. The summed E-state index contributed by atoms with van der Waals surface area (Å²) in [4.78, 5) is 4.08. The van der Waals surface area contributed by atoms with E-state index in [4.69, 9.17) is 10.00 Å². The standard InChI is InChI=1S/C12H15N3O.ClH/c13-8-11-3-6-15-12(7-11)16-9-10-1-4-14-5-2-10;/h3,6-7,10,14H,1-2,4-5,9H2;1H. The van der Waals surface area contributed by atoms with Gasteiger partial charge in [-0.15, -0.1) is 12.4 Å². The molecule has 1 aliphatic heterocycles. The van der Waals surface area contributed by atoms with E-state index in [1.54, 1.807) is 18.3 Å². The van der Waals surface area contributed by atoms with Crippen LogP contribution >= 0.6 is 12.4 Å². The number of hydrogen-bond donors (Lipinski definition) is 1. The number of pyridine rings is 1. The molecule has 1 N–H and O–H groups in total. The molecule has 0 spiro atoms. The minimum atomic E-state index is 0.